The Balaban J connectivity index is 1.90. The largest absolute Gasteiger partial charge is 0.466 e. The second-order valence-electron chi connectivity index (χ2n) is 8.19. The van der Waals surface area contributed by atoms with E-state index < -0.39 is 12.0 Å². The van der Waals surface area contributed by atoms with Crippen molar-refractivity contribution in [1.29, 1.82) is 0 Å². The van der Waals surface area contributed by atoms with E-state index in [1.54, 1.807) is 29.2 Å². The summed E-state index contributed by atoms with van der Waals surface area (Å²) in [5.41, 5.74) is 1.16. The smallest absolute Gasteiger partial charge is 0.307 e. The summed E-state index contributed by atoms with van der Waals surface area (Å²) in [7, 11) is 0. The number of anilines is 2. The molecule has 9 heteroatoms. The zero-order valence-electron chi connectivity index (χ0n) is 19.7. The van der Waals surface area contributed by atoms with Gasteiger partial charge in [0.25, 0.3) is 0 Å². The van der Waals surface area contributed by atoms with Gasteiger partial charge < -0.3 is 20.7 Å². The lowest BCUT2D eigenvalue weighted by Gasteiger charge is -2.33. The molecular weight excluding hydrogens is 424 g/mol. The maximum absolute atomic E-state index is 12.6. The van der Waals surface area contributed by atoms with Crippen LogP contribution in [-0.4, -0.2) is 60.9 Å². The van der Waals surface area contributed by atoms with Gasteiger partial charge in [-0.2, -0.15) is 0 Å². The highest BCUT2D eigenvalue weighted by Gasteiger charge is 2.33. The van der Waals surface area contributed by atoms with E-state index in [1.807, 2.05) is 6.92 Å². The molecule has 1 atom stereocenters. The Hall–Kier alpha value is -2.94. The quantitative estimate of drug-likeness (QED) is 0.308. The number of hydrogen-bond acceptors (Lipinski definition) is 6. The van der Waals surface area contributed by atoms with E-state index in [4.69, 9.17) is 4.74 Å². The first-order valence-corrected chi connectivity index (χ1v) is 11.8. The molecule has 0 aliphatic carbocycles. The van der Waals surface area contributed by atoms with Gasteiger partial charge in [0.1, 0.15) is 6.04 Å². The molecule has 1 aromatic carbocycles. The van der Waals surface area contributed by atoms with Crippen LogP contribution >= 0.6 is 0 Å². The van der Waals surface area contributed by atoms with Gasteiger partial charge in [0.05, 0.1) is 19.6 Å². The number of amides is 3. The maximum atomic E-state index is 12.6. The molecule has 3 amide bonds. The molecule has 0 saturated carbocycles. The van der Waals surface area contributed by atoms with Crippen LogP contribution in [0.2, 0.25) is 0 Å². The number of esters is 1. The molecule has 0 bridgehead atoms. The number of carbonyl (C=O) groups excluding carboxylic acids is 4. The topological polar surface area (TPSA) is 117 Å². The predicted molar refractivity (Wildman–Crippen MR) is 127 cm³/mol. The third-order valence-electron chi connectivity index (χ3n) is 5.35. The van der Waals surface area contributed by atoms with E-state index in [1.165, 1.54) is 0 Å². The minimum atomic E-state index is -0.743. The van der Waals surface area contributed by atoms with Gasteiger partial charge in [-0.3, -0.25) is 24.1 Å². The molecule has 1 heterocycles. The molecule has 2 rings (SSSR count). The lowest BCUT2D eigenvalue weighted by molar-refractivity contribution is -0.149. The lowest BCUT2D eigenvalue weighted by Crippen LogP contribution is -2.57. The van der Waals surface area contributed by atoms with Crippen molar-refractivity contribution in [3.05, 3.63) is 24.3 Å². The fraction of sp³-hybridized carbons (Fsp3) is 0.583. The lowest BCUT2D eigenvalue weighted by atomic mass is 10.1. The third kappa shape index (κ3) is 9.61. The molecule has 33 heavy (non-hydrogen) atoms. The number of hydrogen-bond donors (Lipinski definition) is 3. The minimum absolute atomic E-state index is 0.0338. The van der Waals surface area contributed by atoms with Crippen LogP contribution in [0, 0.1) is 0 Å². The molecule has 1 fully saturated rings. The van der Waals surface area contributed by atoms with Crippen LogP contribution in [0.1, 0.15) is 58.8 Å². The fourth-order valence-electron chi connectivity index (χ4n) is 3.54. The van der Waals surface area contributed by atoms with Gasteiger partial charge in [0, 0.05) is 30.9 Å². The van der Waals surface area contributed by atoms with Gasteiger partial charge in [0.2, 0.25) is 17.7 Å². The van der Waals surface area contributed by atoms with Crippen molar-refractivity contribution in [2.75, 3.05) is 36.9 Å². The summed E-state index contributed by atoms with van der Waals surface area (Å²) in [6.45, 7) is 5.25. The molecule has 1 unspecified atom stereocenters. The second kappa shape index (κ2) is 14.3. The molecule has 182 valence electrons. The van der Waals surface area contributed by atoms with Crippen LogP contribution in [0.4, 0.5) is 11.4 Å². The van der Waals surface area contributed by atoms with Gasteiger partial charge in [-0.15, -0.1) is 0 Å². The first-order valence-electron chi connectivity index (χ1n) is 11.8. The second-order valence-corrected chi connectivity index (χ2v) is 8.19. The zero-order valence-corrected chi connectivity index (χ0v) is 19.7. The summed E-state index contributed by atoms with van der Waals surface area (Å²) < 4.78 is 5.18. The van der Waals surface area contributed by atoms with E-state index in [-0.39, 0.29) is 30.7 Å². The van der Waals surface area contributed by atoms with Crippen LogP contribution in [0.5, 0.6) is 0 Å². The van der Waals surface area contributed by atoms with E-state index in [0.717, 1.165) is 32.1 Å². The molecule has 0 radical (unpaired) electrons. The summed E-state index contributed by atoms with van der Waals surface area (Å²) in [6, 6.07) is 6.20. The van der Waals surface area contributed by atoms with Crippen LogP contribution in [-0.2, 0) is 23.9 Å². The van der Waals surface area contributed by atoms with Crippen LogP contribution in [0.15, 0.2) is 24.3 Å². The Labute approximate surface area is 195 Å². The highest BCUT2D eigenvalue weighted by atomic mass is 16.5. The average molecular weight is 461 g/mol. The molecule has 9 nitrogen and oxygen atoms in total. The number of piperazine rings is 1. The SMILES string of the molecule is CCCCCC(=O)Nc1cccc(NC(=O)CN2CCNC(=O)C2CC(=O)OCCCC)c1. The highest BCUT2D eigenvalue weighted by Crippen LogP contribution is 2.17. The molecule has 1 saturated heterocycles. The van der Waals surface area contributed by atoms with Crippen molar-refractivity contribution >= 4 is 35.1 Å². The van der Waals surface area contributed by atoms with Gasteiger partial charge in [0.15, 0.2) is 0 Å². The standard InChI is InChI=1S/C24H36N4O5/c1-3-5-7-11-21(29)26-18-9-8-10-19(15-18)27-22(30)17-28-13-12-25-24(32)20(28)16-23(31)33-14-6-4-2/h8-10,15,20H,3-7,11-14,16-17H2,1-2H3,(H,25,32)(H,26,29)(H,27,30). The number of unbranched alkanes of at least 4 members (excludes halogenated alkanes) is 3. The molecule has 1 aliphatic rings. The van der Waals surface area contributed by atoms with Crippen molar-refractivity contribution in [3.63, 3.8) is 0 Å². The first kappa shape index (κ1) is 26.3. The van der Waals surface area contributed by atoms with Gasteiger partial charge >= 0.3 is 5.97 Å². The number of rotatable bonds is 13. The summed E-state index contributed by atoms with van der Waals surface area (Å²) >= 11 is 0. The summed E-state index contributed by atoms with van der Waals surface area (Å²) in [4.78, 5) is 50.8. The highest BCUT2D eigenvalue weighted by molar-refractivity contribution is 5.95. The zero-order chi connectivity index (χ0) is 24.1. The molecule has 0 aromatic heterocycles. The minimum Gasteiger partial charge on any atom is -0.466 e. The number of ether oxygens (including phenoxy) is 1. The average Bonchev–Trinajstić information content (AvgIpc) is 2.77. The number of carbonyl (C=O) groups is 4. The van der Waals surface area contributed by atoms with Crippen molar-refractivity contribution in [2.24, 2.45) is 0 Å². The van der Waals surface area contributed by atoms with E-state index >= 15 is 0 Å². The summed E-state index contributed by atoms with van der Waals surface area (Å²) in [5.74, 6) is -1.09. The predicted octanol–water partition coefficient (Wildman–Crippen LogP) is 2.68. The van der Waals surface area contributed by atoms with Gasteiger partial charge in [-0.05, 0) is 31.0 Å². The van der Waals surface area contributed by atoms with Crippen molar-refractivity contribution in [3.8, 4) is 0 Å². The van der Waals surface area contributed by atoms with E-state index in [0.29, 0.717) is 37.5 Å². The van der Waals surface area contributed by atoms with E-state index in [2.05, 4.69) is 22.9 Å². The first-order chi connectivity index (χ1) is 15.9. The fourth-order valence-corrected chi connectivity index (χ4v) is 3.54. The molecular formula is C24H36N4O5. The van der Waals surface area contributed by atoms with Gasteiger partial charge in [-0.25, -0.2) is 0 Å². The molecule has 1 aliphatic heterocycles. The normalized spacial score (nSPS) is 16.1. The maximum Gasteiger partial charge on any atom is 0.307 e. The van der Waals surface area contributed by atoms with Gasteiger partial charge in [-0.1, -0.05) is 39.2 Å². The number of benzene rings is 1. The van der Waals surface area contributed by atoms with Crippen LogP contribution < -0.4 is 16.0 Å². The molecule has 0 spiro atoms. The number of nitrogens with zero attached hydrogens (tertiary/aromatic N) is 1. The van der Waals surface area contributed by atoms with Crippen molar-refractivity contribution < 1.29 is 23.9 Å². The van der Waals surface area contributed by atoms with E-state index in [9.17, 15) is 19.2 Å². The molecule has 1 aromatic rings. The Kier molecular flexibility index (Phi) is 11.4. The van der Waals surface area contributed by atoms with Crippen molar-refractivity contribution in [2.45, 2.75) is 64.8 Å². The van der Waals surface area contributed by atoms with Crippen LogP contribution in [0.3, 0.4) is 0 Å². The molecule has 3 N–H and O–H groups in total. The summed E-state index contributed by atoms with van der Waals surface area (Å²) in [5, 5.41) is 8.39. The number of nitrogens with one attached hydrogen (secondary N) is 3. The Morgan fingerprint density at radius 1 is 1.06 bits per heavy atom. The Morgan fingerprint density at radius 3 is 2.45 bits per heavy atom. The summed E-state index contributed by atoms with van der Waals surface area (Å²) in [6.07, 6.45) is 4.95. The van der Waals surface area contributed by atoms with Crippen molar-refractivity contribution in [1.82, 2.24) is 10.2 Å². The Morgan fingerprint density at radius 2 is 1.76 bits per heavy atom. The third-order valence-corrected chi connectivity index (χ3v) is 5.35. The van der Waals surface area contributed by atoms with Crippen LogP contribution in [0.25, 0.3) is 0 Å². The Bertz CT molecular complexity index is 814. The monoisotopic (exact) mass is 460 g/mol.